The Kier molecular flexibility index (Phi) is 22.2. The summed E-state index contributed by atoms with van der Waals surface area (Å²) in [5.41, 5.74) is 0.231. The molecule has 0 aliphatic carbocycles. The largest absolute Gasteiger partial charge is 0.335 e. The summed E-state index contributed by atoms with van der Waals surface area (Å²) in [7, 11) is 0. The SMILES string of the molecule is CCC(C)(C)[N]=[Nb].C[CH-]C.C[CH-]C. The molecule has 0 aromatic heterocycles. The van der Waals surface area contributed by atoms with Gasteiger partial charge in [0, 0.05) is 0 Å². The van der Waals surface area contributed by atoms with Crippen LogP contribution in [0, 0.1) is 12.8 Å². The topological polar surface area (TPSA) is 12.4 Å². The Labute approximate surface area is 97.5 Å². The van der Waals surface area contributed by atoms with E-state index in [4.69, 9.17) is 0 Å². The van der Waals surface area contributed by atoms with Gasteiger partial charge < -0.3 is 12.8 Å². The van der Waals surface area contributed by atoms with Gasteiger partial charge in [-0.25, -0.2) is 0 Å². The third kappa shape index (κ3) is 32.6. The van der Waals surface area contributed by atoms with Crippen molar-refractivity contribution in [3.05, 3.63) is 12.8 Å². The van der Waals surface area contributed by atoms with Crippen molar-refractivity contribution in [1.29, 1.82) is 0 Å². The second-order valence-corrected chi connectivity index (χ2v) is 3.91. The maximum atomic E-state index is 4.19. The first-order chi connectivity index (χ1) is 5.95. The van der Waals surface area contributed by atoms with E-state index in [1.165, 1.54) is 0 Å². The maximum absolute atomic E-state index is 4.19. The molecule has 0 amide bonds. The fourth-order valence-corrected chi connectivity index (χ4v) is 0.418. The van der Waals surface area contributed by atoms with Gasteiger partial charge in [-0.2, -0.15) is 27.7 Å². The van der Waals surface area contributed by atoms with E-state index in [9.17, 15) is 0 Å². The van der Waals surface area contributed by atoms with E-state index in [0.29, 0.717) is 0 Å². The zero-order valence-electron chi connectivity index (χ0n) is 10.3. The van der Waals surface area contributed by atoms with E-state index in [2.05, 4.69) is 24.1 Å². The van der Waals surface area contributed by atoms with Gasteiger partial charge in [-0.15, -0.1) is 0 Å². The van der Waals surface area contributed by atoms with E-state index in [-0.39, 0.29) is 5.54 Å². The van der Waals surface area contributed by atoms with Crippen LogP contribution in [0.1, 0.15) is 54.9 Å². The van der Waals surface area contributed by atoms with Crippen molar-refractivity contribution in [1.82, 2.24) is 0 Å². The van der Waals surface area contributed by atoms with Gasteiger partial charge in [0.1, 0.15) is 0 Å². The molecule has 0 unspecified atom stereocenters. The second kappa shape index (κ2) is 15.0. The van der Waals surface area contributed by atoms with E-state index in [0.717, 1.165) is 6.42 Å². The molecule has 0 heterocycles. The van der Waals surface area contributed by atoms with Crippen LogP contribution < -0.4 is 0 Å². The Bertz CT molecular complexity index is 88.1. The predicted molar refractivity (Wildman–Crippen MR) is 58.1 cm³/mol. The molecule has 0 saturated carbocycles. The minimum atomic E-state index is 0.231. The minimum absolute atomic E-state index is 0.231. The summed E-state index contributed by atoms with van der Waals surface area (Å²) >= 11 is 1.55. The molecule has 0 aromatic rings. The van der Waals surface area contributed by atoms with Crippen molar-refractivity contribution in [3.63, 3.8) is 0 Å². The first kappa shape index (κ1) is 19.2. The molecule has 2 heteroatoms. The predicted octanol–water partition coefficient (Wildman–Crippen LogP) is 4.37. The van der Waals surface area contributed by atoms with Gasteiger partial charge in [-0.05, 0) is 0 Å². The molecule has 0 N–H and O–H groups in total. The van der Waals surface area contributed by atoms with Crippen molar-refractivity contribution in [2.45, 2.75) is 60.4 Å². The summed E-state index contributed by atoms with van der Waals surface area (Å²) < 4.78 is 4.19. The summed E-state index contributed by atoms with van der Waals surface area (Å²) in [6.45, 7) is 14.4. The molecule has 1 nitrogen and oxygen atoms in total. The summed E-state index contributed by atoms with van der Waals surface area (Å²) in [5, 5.41) is 0. The van der Waals surface area contributed by atoms with Gasteiger partial charge in [0.05, 0.1) is 0 Å². The van der Waals surface area contributed by atoms with Gasteiger partial charge in [0.15, 0.2) is 0 Å². The molecule has 0 aliphatic heterocycles. The first-order valence-electron chi connectivity index (χ1n) is 4.79. The smallest absolute Gasteiger partial charge is 0.192 e. The Morgan fingerprint density at radius 1 is 1.08 bits per heavy atom. The quantitative estimate of drug-likeness (QED) is 0.519. The Morgan fingerprint density at radius 2 is 1.31 bits per heavy atom. The number of rotatable bonds is 2. The minimum Gasteiger partial charge on any atom is -0.335 e. The van der Waals surface area contributed by atoms with Gasteiger partial charge in [0.2, 0.25) is 0 Å². The van der Waals surface area contributed by atoms with Crippen molar-refractivity contribution in [2.24, 2.45) is 3.34 Å². The molecule has 0 bridgehead atoms. The molecule has 13 heavy (non-hydrogen) atoms. The molecular formula is C11H25NNb-2. The molecule has 0 atom stereocenters. The van der Waals surface area contributed by atoms with Crippen LogP contribution in [0.4, 0.5) is 0 Å². The van der Waals surface area contributed by atoms with Crippen LogP contribution >= 0.6 is 0 Å². The van der Waals surface area contributed by atoms with Crippen LogP contribution in [0.15, 0.2) is 3.34 Å². The Balaban J connectivity index is -0.000000140. The molecular weight excluding hydrogens is 239 g/mol. The van der Waals surface area contributed by atoms with Crippen LogP contribution in [0.25, 0.3) is 0 Å². The van der Waals surface area contributed by atoms with Crippen LogP contribution in [0.5, 0.6) is 0 Å². The fraction of sp³-hybridized carbons (Fsp3) is 0.818. The summed E-state index contributed by atoms with van der Waals surface area (Å²) in [4.78, 5) is 0. The van der Waals surface area contributed by atoms with Crippen molar-refractivity contribution >= 4 is 0 Å². The number of hydrogen-bond donors (Lipinski definition) is 0. The average Bonchev–Trinajstić information content (AvgIpc) is 2.08. The second-order valence-electron chi connectivity index (χ2n) is 3.42. The van der Waals surface area contributed by atoms with Crippen LogP contribution in [-0.2, 0) is 20.9 Å². The molecule has 0 radical (unpaired) electrons. The third-order valence-electron chi connectivity index (χ3n) is 1.14. The Hall–Kier alpha value is 0.540. The molecule has 0 fully saturated rings. The summed E-state index contributed by atoms with van der Waals surface area (Å²) in [6.07, 6.45) is 5.14. The zero-order valence-corrected chi connectivity index (χ0v) is 12.5. The van der Waals surface area contributed by atoms with E-state index >= 15 is 0 Å². The maximum Gasteiger partial charge on any atom is -0.192 e. The first-order valence-corrected chi connectivity index (χ1v) is 5.78. The van der Waals surface area contributed by atoms with Gasteiger partial charge in [0.25, 0.3) is 0 Å². The van der Waals surface area contributed by atoms with Crippen molar-refractivity contribution < 1.29 is 20.9 Å². The third-order valence-corrected chi connectivity index (χ3v) is 2.47. The molecule has 0 spiro atoms. The number of hydrogen-bond acceptors (Lipinski definition) is 1. The van der Waals surface area contributed by atoms with Gasteiger partial charge >= 0.3 is 57.0 Å². The fourth-order valence-electron chi connectivity index (χ4n) is 0.0707. The van der Waals surface area contributed by atoms with Crippen molar-refractivity contribution in [2.75, 3.05) is 0 Å². The van der Waals surface area contributed by atoms with Gasteiger partial charge in [-0.1, -0.05) is 0 Å². The van der Waals surface area contributed by atoms with E-state index < -0.39 is 0 Å². The summed E-state index contributed by atoms with van der Waals surface area (Å²) in [5.74, 6) is 0. The standard InChI is InChI=1S/C5H11N.2C3H7.Nb/c1-4-5(2,3)6;2*1-3-2;/h4H2,1-3H3;2*3H,1-2H3;/q;2*-1;. The summed E-state index contributed by atoms with van der Waals surface area (Å²) in [6, 6.07) is 0. The van der Waals surface area contributed by atoms with E-state index in [1.54, 1.807) is 20.9 Å². The normalized spacial score (nSPS) is 8.77. The molecule has 0 rings (SSSR count). The molecule has 0 aliphatic rings. The monoisotopic (exact) mass is 264 g/mol. The molecule has 0 aromatic carbocycles. The van der Waals surface area contributed by atoms with Crippen LogP contribution in [0.3, 0.4) is 0 Å². The molecule has 0 saturated heterocycles. The van der Waals surface area contributed by atoms with E-state index in [1.807, 2.05) is 40.5 Å². The number of nitrogens with zero attached hydrogens (tertiary/aromatic N) is 1. The zero-order chi connectivity index (χ0) is 11.3. The van der Waals surface area contributed by atoms with Crippen LogP contribution in [0.2, 0.25) is 0 Å². The molecule has 81 valence electrons. The van der Waals surface area contributed by atoms with Crippen molar-refractivity contribution in [3.8, 4) is 0 Å². The average molecular weight is 264 g/mol. The van der Waals surface area contributed by atoms with Crippen LogP contribution in [-0.4, -0.2) is 5.54 Å². The Morgan fingerprint density at radius 3 is 1.31 bits per heavy atom. The van der Waals surface area contributed by atoms with Gasteiger partial charge in [-0.3, -0.25) is 0 Å².